The molecule has 0 amide bonds. The average Bonchev–Trinajstić information content (AvgIpc) is 3.12. The SMILES string of the molecule is c1ccc(-c2c3c(c(-c4ccccc4)c4ccccc24)[C@@]2(c4ccccc4)OO[C@]3(c3ccccc3)c3ccccc32)cc1. The maximum absolute atomic E-state index is 6.96. The van der Waals surface area contributed by atoms with E-state index in [1.807, 2.05) is 0 Å². The zero-order valence-corrected chi connectivity index (χ0v) is 24.0. The molecule has 0 saturated carbocycles. The molecule has 7 aromatic rings. The van der Waals surface area contributed by atoms with Gasteiger partial charge in [-0.25, -0.2) is 9.78 Å². The third kappa shape index (κ3) is 3.27. The largest absolute Gasteiger partial charge is 0.214 e. The second kappa shape index (κ2) is 9.62. The second-order valence-electron chi connectivity index (χ2n) is 11.6. The Morgan fingerprint density at radius 2 is 0.636 bits per heavy atom. The first kappa shape index (κ1) is 25.2. The summed E-state index contributed by atoms with van der Waals surface area (Å²) >= 11 is 0. The number of benzene rings is 7. The first-order valence-electron chi connectivity index (χ1n) is 15.1. The molecule has 0 saturated heterocycles. The van der Waals surface area contributed by atoms with Crippen LogP contribution in [0.4, 0.5) is 0 Å². The van der Waals surface area contributed by atoms with Crippen LogP contribution in [0.15, 0.2) is 170 Å². The Labute approximate surface area is 256 Å². The minimum absolute atomic E-state index is 1.01. The molecular weight excluding hydrogens is 536 g/mol. The van der Waals surface area contributed by atoms with Crippen molar-refractivity contribution in [1.82, 2.24) is 0 Å². The second-order valence-corrected chi connectivity index (χ2v) is 11.6. The molecule has 1 aliphatic carbocycles. The molecule has 2 heterocycles. The highest BCUT2D eigenvalue weighted by Gasteiger charge is 2.62. The molecule has 3 aliphatic rings. The first-order chi connectivity index (χ1) is 21.8. The number of hydrogen-bond donors (Lipinski definition) is 0. The van der Waals surface area contributed by atoms with E-state index in [9.17, 15) is 0 Å². The van der Waals surface area contributed by atoms with Gasteiger partial charge in [0.05, 0.1) is 0 Å². The monoisotopic (exact) mass is 564 g/mol. The van der Waals surface area contributed by atoms with E-state index in [0.29, 0.717) is 0 Å². The summed E-state index contributed by atoms with van der Waals surface area (Å²) in [4.78, 5) is 13.9. The van der Waals surface area contributed by atoms with Crippen molar-refractivity contribution in [3.8, 4) is 22.3 Å². The molecule has 2 aliphatic heterocycles. The molecule has 2 atom stereocenters. The minimum Gasteiger partial charge on any atom is -0.214 e. The predicted molar refractivity (Wildman–Crippen MR) is 176 cm³/mol. The lowest BCUT2D eigenvalue weighted by atomic mass is 9.59. The summed E-state index contributed by atoms with van der Waals surface area (Å²) in [6.07, 6.45) is 0. The number of rotatable bonds is 4. The van der Waals surface area contributed by atoms with Gasteiger partial charge in [-0.3, -0.25) is 0 Å². The molecule has 0 aromatic heterocycles. The van der Waals surface area contributed by atoms with Crippen LogP contribution in [0.1, 0.15) is 33.4 Å². The molecule has 0 radical (unpaired) electrons. The van der Waals surface area contributed by atoms with E-state index in [0.717, 1.165) is 55.6 Å². The van der Waals surface area contributed by atoms with E-state index in [1.54, 1.807) is 0 Å². The van der Waals surface area contributed by atoms with Crippen LogP contribution in [0.2, 0.25) is 0 Å². The van der Waals surface area contributed by atoms with Crippen LogP contribution < -0.4 is 0 Å². The maximum atomic E-state index is 6.96. The van der Waals surface area contributed by atoms with Crippen molar-refractivity contribution in [1.29, 1.82) is 0 Å². The lowest BCUT2D eigenvalue weighted by Gasteiger charge is -2.55. The van der Waals surface area contributed by atoms with Crippen LogP contribution >= 0.6 is 0 Å². The molecule has 0 spiro atoms. The van der Waals surface area contributed by atoms with Gasteiger partial charge in [-0.1, -0.05) is 170 Å². The fourth-order valence-corrected chi connectivity index (χ4v) is 7.66. The van der Waals surface area contributed by atoms with Gasteiger partial charge in [0, 0.05) is 22.3 Å². The van der Waals surface area contributed by atoms with Crippen molar-refractivity contribution < 1.29 is 9.78 Å². The molecule has 0 N–H and O–H groups in total. The Hall–Kier alpha value is -5.28. The van der Waals surface area contributed by atoms with Crippen molar-refractivity contribution in [3.63, 3.8) is 0 Å². The van der Waals surface area contributed by atoms with Gasteiger partial charge in [-0.15, -0.1) is 0 Å². The fourth-order valence-electron chi connectivity index (χ4n) is 7.66. The standard InChI is InChI=1S/C42H28O2/c1-5-17-29(18-6-1)37-33-25-13-14-26-34(33)38(30-19-7-2-8-20-30)40-39(37)41(31-21-9-3-10-22-31)35-27-15-16-28-36(35)42(40,44-43-41)32-23-11-4-12-24-32/h1-28H/t41-,42+. The highest BCUT2D eigenvalue weighted by atomic mass is 17.2. The molecule has 10 rings (SSSR count). The molecule has 7 aromatic carbocycles. The van der Waals surface area contributed by atoms with Gasteiger partial charge >= 0.3 is 0 Å². The average molecular weight is 565 g/mol. The van der Waals surface area contributed by atoms with Gasteiger partial charge in [0.15, 0.2) is 11.2 Å². The zero-order valence-electron chi connectivity index (χ0n) is 24.0. The van der Waals surface area contributed by atoms with Crippen molar-refractivity contribution >= 4 is 10.8 Å². The van der Waals surface area contributed by atoms with Crippen molar-refractivity contribution in [3.05, 3.63) is 203 Å². The Balaban J connectivity index is 1.61. The number of hydrogen-bond acceptors (Lipinski definition) is 2. The molecule has 0 unspecified atom stereocenters. The van der Waals surface area contributed by atoms with E-state index >= 15 is 0 Å². The van der Waals surface area contributed by atoms with Gasteiger partial charge in [-0.2, -0.15) is 0 Å². The summed E-state index contributed by atoms with van der Waals surface area (Å²) < 4.78 is 0. The molecule has 208 valence electrons. The molecule has 44 heavy (non-hydrogen) atoms. The third-order valence-corrected chi connectivity index (χ3v) is 9.38. The van der Waals surface area contributed by atoms with Gasteiger partial charge in [0.1, 0.15) is 0 Å². The summed E-state index contributed by atoms with van der Waals surface area (Å²) in [7, 11) is 0. The summed E-state index contributed by atoms with van der Waals surface area (Å²) in [6, 6.07) is 60.1. The molecule has 0 fully saturated rings. The predicted octanol–water partition coefficient (Wildman–Crippen LogP) is 10.0. The topological polar surface area (TPSA) is 18.5 Å². The summed E-state index contributed by atoms with van der Waals surface area (Å²) in [5, 5.41) is 2.37. The van der Waals surface area contributed by atoms with Crippen LogP contribution in [0.5, 0.6) is 0 Å². The summed E-state index contributed by atoms with van der Waals surface area (Å²) in [5.74, 6) is 0. The van der Waals surface area contributed by atoms with Gasteiger partial charge < -0.3 is 0 Å². The molecule has 2 bridgehead atoms. The molecule has 2 nitrogen and oxygen atoms in total. The summed E-state index contributed by atoms with van der Waals surface area (Å²) in [5.41, 5.74) is 9.10. The highest BCUT2D eigenvalue weighted by Crippen LogP contribution is 2.66. The fraction of sp³-hybridized carbons (Fsp3) is 0.0476. The van der Waals surface area contributed by atoms with Crippen molar-refractivity contribution in [2.45, 2.75) is 11.2 Å². The summed E-state index contributed by atoms with van der Waals surface area (Å²) in [6.45, 7) is 0. The van der Waals surface area contributed by atoms with Crippen molar-refractivity contribution in [2.24, 2.45) is 0 Å². The Morgan fingerprint density at radius 3 is 1.02 bits per heavy atom. The van der Waals surface area contributed by atoms with Crippen LogP contribution in [0, 0.1) is 0 Å². The van der Waals surface area contributed by atoms with Crippen molar-refractivity contribution in [2.75, 3.05) is 0 Å². The lowest BCUT2D eigenvalue weighted by Crippen LogP contribution is -2.54. The van der Waals surface area contributed by atoms with Gasteiger partial charge in [-0.05, 0) is 44.2 Å². The van der Waals surface area contributed by atoms with Gasteiger partial charge in [0.25, 0.3) is 0 Å². The quantitative estimate of drug-likeness (QED) is 0.198. The lowest BCUT2D eigenvalue weighted by molar-refractivity contribution is -0.409. The third-order valence-electron chi connectivity index (χ3n) is 9.38. The zero-order chi connectivity index (χ0) is 29.1. The Bertz CT molecular complexity index is 2000. The van der Waals surface area contributed by atoms with Crippen LogP contribution in [-0.4, -0.2) is 0 Å². The van der Waals surface area contributed by atoms with E-state index in [-0.39, 0.29) is 0 Å². The van der Waals surface area contributed by atoms with Crippen LogP contribution in [0.3, 0.4) is 0 Å². The minimum atomic E-state index is -1.01. The van der Waals surface area contributed by atoms with E-state index < -0.39 is 11.2 Å². The molecular formula is C42H28O2. The highest BCUT2D eigenvalue weighted by molar-refractivity contribution is 6.10. The Kier molecular flexibility index (Phi) is 5.52. The molecule has 2 heteroatoms. The van der Waals surface area contributed by atoms with Gasteiger partial charge in [0.2, 0.25) is 0 Å². The van der Waals surface area contributed by atoms with Crippen LogP contribution in [-0.2, 0) is 21.0 Å². The number of fused-ring (bicyclic) bond motifs is 2. The maximum Gasteiger partial charge on any atom is 0.180 e. The Morgan fingerprint density at radius 1 is 0.318 bits per heavy atom. The van der Waals surface area contributed by atoms with E-state index in [1.165, 1.54) is 10.8 Å². The first-order valence-corrected chi connectivity index (χ1v) is 15.1. The van der Waals surface area contributed by atoms with E-state index in [4.69, 9.17) is 9.78 Å². The normalized spacial score (nSPS) is 19.8. The van der Waals surface area contributed by atoms with Crippen LogP contribution in [0.25, 0.3) is 33.0 Å². The smallest absolute Gasteiger partial charge is 0.180 e. The van der Waals surface area contributed by atoms with E-state index in [2.05, 4.69) is 170 Å².